The van der Waals surface area contributed by atoms with Crippen molar-refractivity contribution in [1.82, 2.24) is 5.32 Å². The highest BCUT2D eigenvalue weighted by atomic mass is 16.5. The van der Waals surface area contributed by atoms with Crippen molar-refractivity contribution in [2.75, 3.05) is 11.9 Å². The number of nitrogens with one attached hydrogen (secondary N) is 2. The van der Waals surface area contributed by atoms with Gasteiger partial charge in [-0.25, -0.2) is 4.79 Å². The number of hydrogen-bond donors (Lipinski definition) is 3. The number of benzene rings is 2. The van der Waals surface area contributed by atoms with Gasteiger partial charge in [0.05, 0.1) is 12.0 Å². The number of ether oxygens (including phenoxy) is 1. The van der Waals surface area contributed by atoms with Crippen molar-refractivity contribution in [3.05, 3.63) is 77.7 Å². The van der Waals surface area contributed by atoms with E-state index in [1.54, 1.807) is 0 Å². The minimum absolute atomic E-state index is 0.0137. The fourth-order valence-corrected chi connectivity index (χ4v) is 5.22. The Morgan fingerprint density at radius 3 is 2.34 bits per heavy atom. The number of carboxylic acids is 1. The molecule has 2 aliphatic rings. The van der Waals surface area contributed by atoms with E-state index in [-0.39, 0.29) is 42.4 Å². The normalized spacial score (nSPS) is 18.5. The van der Waals surface area contributed by atoms with Gasteiger partial charge in [0.25, 0.3) is 5.91 Å². The van der Waals surface area contributed by atoms with Crippen molar-refractivity contribution >= 4 is 23.7 Å². The van der Waals surface area contributed by atoms with E-state index in [2.05, 4.69) is 22.8 Å². The molecule has 1 aromatic heterocycles. The van der Waals surface area contributed by atoms with Crippen LogP contribution in [0.4, 0.5) is 10.5 Å². The van der Waals surface area contributed by atoms with Gasteiger partial charge in [0, 0.05) is 24.4 Å². The molecule has 1 heterocycles. The summed E-state index contributed by atoms with van der Waals surface area (Å²) >= 11 is 0. The first-order valence-corrected chi connectivity index (χ1v) is 11.7. The van der Waals surface area contributed by atoms with Crippen LogP contribution in [-0.4, -0.2) is 35.7 Å². The van der Waals surface area contributed by atoms with Crippen LogP contribution in [0.3, 0.4) is 0 Å². The molecule has 3 aromatic rings. The lowest BCUT2D eigenvalue weighted by molar-refractivity contribution is -0.138. The first-order valence-electron chi connectivity index (χ1n) is 11.7. The number of carbonyl (C=O) groups excluding carboxylic acids is 2. The maximum absolute atomic E-state index is 12.7. The Hall–Kier alpha value is -4.07. The molecule has 1 saturated carbocycles. The van der Waals surface area contributed by atoms with E-state index in [1.807, 2.05) is 36.4 Å². The molecule has 1 fully saturated rings. The van der Waals surface area contributed by atoms with Gasteiger partial charge in [0.2, 0.25) is 5.76 Å². The van der Waals surface area contributed by atoms with Gasteiger partial charge in [-0.2, -0.15) is 0 Å². The number of carboxylic acid groups (broad SMARTS) is 1. The lowest BCUT2D eigenvalue weighted by Gasteiger charge is -2.15. The quantitative estimate of drug-likeness (QED) is 0.443. The maximum Gasteiger partial charge on any atom is 0.411 e. The molecule has 2 amide bonds. The van der Waals surface area contributed by atoms with E-state index >= 15 is 0 Å². The average molecular weight is 475 g/mol. The monoisotopic (exact) mass is 474 g/mol. The molecule has 2 aromatic carbocycles. The number of fused-ring (bicyclic) bond motifs is 3. The molecule has 0 bridgehead atoms. The van der Waals surface area contributed by atoms with Gasteiger partial charge in [-0.3, -0.25) is 14.9 Å². The van der Waals surface area contributed by atoms with Crippen LogP contribution in [0.25, 0.3) is 11.1 Å². The molecule has 5 rings (SSSR count). The highest BCUT2D eigenvalue weighted by Gasteiger charge is 2.31. The van der Waals surface area contributed by atoms with Gasteiger partial charge in [0.1, 0.15) is 6.61 Å². The zero-order valence-corrected chi connectivity index (χ0v) is 19.0. The fraction of sp³-hybridized carbons (Fsp3) is 0.296. The molecule has 35 heavy (non-hydrogen) atoms. The van der Waals surface area contributed by atoms with E-state index in [0.717, 1.165) is 28.7 Å². The van der Waals surface area contributed by atoms with Crippen LogP contribution in [0, 0.1) is 5.92 Å². The van der Waals surface area contributed by atoms with Crippen molar-refractivity contribution in [1.29, 1.82) is 0 Å². The molecular formula is C27H26N2O6. The van der Waals surface area contributed by atoms with E-state index in [0.29, 0.717) is 12.8 Å². The van der Waals surface area contributed by atoms with Crippen molar-refractivity contribution < 1.29 is 28.6 Å². The summed E-state index contributed by atoms with van der Waals surface area (Å²) in [5, 5.41) is 14.5. The third-order valence-electron chi connectivity index (χ3n) is 6.79. The van der Waals surface area contributed by atoms with Crippen LogP contribution >= 0.6 is 0 Å². The number of aliphatic carboxylic acids is 1. The predicted molar refractivity (Wildman–Crippen MR) is 128 cm³/mol. The summed E-state index contributed by atoms with van der Waals surface area (Å²) in [7, 11) is 0. The molecule has 2 aliphatic carbocycles. The number of carbonyl (C=O) groups is 3. The molecule has 0 saturated heterocycles. The Morgan fingerprint density at radius 2 is 1.66 bits per heavy atom. The van der Waals surface area contributed by atoms with Crippen molar-refractivity contribution in [2.45, 2.75) is 37.6 Å². The molecule has 0 radical (unpaired) electrons. The molecule has 0 spiro atoms. The van der Waals surface area contributed by atoms with Gasteiger partial charge in [-0.1, -0.05) is 48.5 Å². The van der Waals surface area contributed by atoms with E-state index < -0.39 is 18.0 Å². The second-order valence-electron chi connectivity index (χ2n) is 9.06. The van der Waals surface area contributed by atoms with Crippen molar-refractivity contribution in [3.63, 3.8) is 0 Å². The van der Waals surface area contributed by atoms with E-state index in [4.69, 9.17) is 14.3 Å². The van der Waals surface area contributed by atoms with Crippen molar-refractivity contribution in [3.8, 4) is 11.1 Å². The van der Waals surface area contributed by atoms with Gasteiger partial charge >= 0.3 is 12.1 Å². The Balaban J connectivity index is 1.19. The van der Waals surface area contributed by atoms with Gasteiger partial charge < -0.3 is 19.6 Å². The number of hydrogen-bond acceptors (Lipinski definition) is 5. The predicted octanol–water partition coefficient (Wildman–Crippen LogP) is 5.01. The van der Waals surface area contributed by atoms with Gasteiger partial charge in [-0.15, -0.1) is 0 Å². The van der Waals surface area contributed by atoms with Crippen LogP contribution in [0.1, 0.15) is 53.3 Å². The summed E-state index contributed by atoms with van der Waals surface area (Å²) in [6, 6.07) is 17.5. The van der Waals surface area contributed by atoms with Crippen molar-refractivity contribution in [2.24, 2.45) is 5.92 Å². The lowest BCUT2D eigenvalue weighted by Crippen LogP contribution is -2.33. The summed E-state index contributed by atoms with van der Waals surface area (Å²) in [6.07, 6.45) is 2.82. The fourth-order valence-electron chi connectivity index (χ4n) is 5.22. The molecule has 8 heteroatoms. The Kier molecular flexibility index (Phi) is 6.27. The number of amides is 2. The second-order valence-corrected chi connectivity index (χ2v) is 9.06. The highest BCUT2D eigenvalue weighted by Crippen LogP contribution is 2.44. The van der Waals surface area contributed by atoms with Crippen LogP contribution in [0.5, 0.6) is 0 Å². The average Bonchev–Trinajstić information content (AvgIpc) is 3.55. The van der Waals surface area contributed by atoms with Gasteiger partial charge in [0.15, 0.2) is 0 Å². The van der Waals surface area contributed by atoms with Gasteiger partial charge in [-0.05, 0) is 47.4 Å². The molecular weight excluding hydrogens is 448 g/mol. The topological polar surface area (TPSA) is 118 Å². The minimum Gasteiger partial charge on any atom is -0.481 e. The minimum atomic E-state index is -0.831. The second kappa shape index (κ2) is 9.66. The number of anilines is 1. The standard InChI is InChI=1S/C27H26N2O6/c30-24(31)14-16-9-10-17(13-16)28-26(32)25-23(11-12-34-25)29-27(33)35-15-22-20-7-3-1-5-18(20)19-6-2-4-8-21(19)22/h1-8,11-12,16-17,22H,9-10,13-15H2,(H,28,32)(H,29,33)(H,30,31)/t16-,17+/m0/s1. The Labute approximate surface area is 202 Å². The molecule has 180 valence electrons. The third-order valence-corrected chi connectivity index (χ3v) is 6.79. The molecule has 0 unspecified atom stereocenters. The molecule has 8 nitrogen and oxygen atoms in total. The Morgan fingerprint density at radius 1 is 0.971 bits per heavy atom. The van der Waals surface area contributed by atoms with Crippen LogP contribution in [0.15, 0.2) is 65.3 Å². The van der Waals surface area contributed by atoms with Crippen LogP contribution in [0.2, 0.25) is 0 Å². The number of furan rings is 1. The summed E-state index contributed by atoms with van der Waals surface area (Å²) in [5.41, 5.74) is 4.73. The van der Waals surface area contributed by atoms with Crippen LogP contribution in [-0.2, 0) is 9.53 Å². The smallest absolute Gasteiger partial charge is 0.411 e. The zero-order chi connectivity index (χ0) is 24.4. The highest BCUT2D eigenvalue weighted by molar-refractivity contribution is 6.00. The zero-order valence-electron chi connectivity index (χ0n) is 19.0. The first kappa shape index (κ1) is 22.7. The summed E-state index contributed by atoms with van der Waals surface area (Å²) in [6.45, 7) is 0.159. The van der Waals surface area contributed by atoms with E-state index in [9.17, 15) is 14.4 Å². The van der Waals surface area contributed by atoms with Crippen LogP contribution < -0.4 is 10.6 Å². The summed E-state index contributed by atoms with van der Waals surface area (Å²) in [4.78, 5) is 36.2. The maximum atomic E-state index is 12.7. The third kappa shape index (κ3) is 4.77. The lowest BCUT2D eigenvalue weighted by atomic mass is 9.98. The molecule has 0 aliphatic heterocycles. The Bertz CT molecular complexity index is 1220. The van der Waals surface area contributed by atoms with E-state index in [1.165, 1.54) is 12.3 Å². The molecule has 3 N–H and O–H groups in total. The summed E-state index contributed by atoms with van der Waals surface area (Å²) in [5.74, 6) is -1.32. The molecule has 2 atom stereocenters. The largest absolute Gasteiger partial charge is 0.481 e. The number of rotatable bonds is 7. The first-order chi connectivity index (χ1) is 17.0. The summed E-state index contributed by atoms with van der Waals surface area (Å²) < 4.78 is 10.9. The SMILES string of the molecule is O=C(O)C[C@H]1CC[C@@H](NC(=O)c2occc2NC(=O)OCC2c3ccccc3-c3ccccc32)C1.